The predicted octanol–water partition coefficient (Wildman–Crippen LogP) is 2.35. The summed E-state index contributed by atoms with van der Waals surface area (Å²) in [5.74, 6) is -0.522. The highest BCUT2D eigenvalue weighted by molar-refractivity contribution is 7.13. The number of thiazole rings is 1. The normalized spacial score (nSPS) is 14.4. The molecule has 0 spiro atoms. The maximum absolute atomic E-state index is 12.1. The Morgan fingerprint density at radius 2 is 1.87 bits per heavy atom. The lowest BCUT2D eigenvalue weighted by molar-refractivity contribution is -0.139. The molecule has 1 aromatic heterocycles. The first-order valence-electron chi connectivity index (χ1n) is 7.18. The molecule has 3 rings (SSSR count). The predicted molar refractivity (Wildman–Crippen MR) is 86.0 cm³/mol. The van der Waals surface area contributed by atoms with Crippen molar-refractivity contribution < 1.29 is 14.4 Å². The van der Waals surface area contributed by atoms with Gasteiger partial charge in [0.05, 0.1) is 12.2 Å². The Labute approximate surface area is 137 Å². The van der Waals surface area contributed by atoms with Crippen molar-refractivity contribution >= 4 is 34.2 Å². The minimum atomic E-state index is -0.237. The molecule has 7 heteroatoms. The zero-order valence-corrected chi connectivity index (χ0v) is 13.4. The van der Waals surface area contributed by atoms with Crippen molar-refractivity contribution in [1.29, 1.82) is 0 Å². The van der Waals surface area contributed by atoms with E-state index in [1.807, 2.05) is 12.3 Å². The molecule has 1 saturated heterocycles. The first-order valence-corrected chi connectivity index (χ1v) is 8.06. The number of carbonyl (C=O) groups excluding carboxylic acids is 3. The standard InChI is InChI=1S/C16H15N3O3S/c1-10-9-23-16(17-10)18-15(22)12-4-2-11(3-5-12)8-19-13(20)6-7-14(19)21/h2-5,9H,6-8H2,1H3,(H,17,18,22). The van der Waals surface area contributed by atoms with Crippen LogP contribution in [0.15, 0.2) is 29.6 Å². The van der Waals surface area contributed by atoms with Crippen LogP contribution < -0.4 is 5.32 Å². The van der Waals surface area contributed by atoms with E-state index >= 15 is 0 Å². The highest BCUT2D eigenvalue weighted by Crippen LogP contribution is 2.18. The summed E-state index contributed by atoms with van der Waals surface area (Å²) >= 11 is 1.37. The van der Waals surface area contributed by atoms with Crippen molar-refractivity contribution in [3.05, 3.63) is 46.5 Å². The minimum absolute atomic E-state index is 0.143. The fourth-order valence-corrected chi connectivity index (χ4v) is 3.01. The van der Waals surface area contributed by atoms with E-state index in [4.69, 9.17) is 0 Å². The van der Waals surface area contributed by atoms with Crippen LogP contribution in [0.4, 0.5) is 5.13 Å². The summed E-state index contributed by atoms with van der Waals surface area (Å²) < 4.78 is 0. The second kappa shape index (κ2) is 6.29. The Kier molecular flexibility index (Phi) is 4.20. The Hall–Kier alpha value is -2.54. The minimum Gasteiger partial charge on any atom is -0.298 e. The van der Waals surface area contributed by atoms with Gasteiger partial charge in [-0.25, -0.2) is 4.98 Å². The highest BCUT2D eigenvalue weighted by atomic mass is 32.1. The summed E-state index contributed by atoms with van der Waals surface area (Å²) in [6, 6.07) is 6.86. The van der Waals surface area contributed by atoms with Crippen molar-refractivity contribution in [3.8, 4) is 0 Å². The van der Waals surface area contributed by atoms with Crippen LogP contribution in [-0.4, -0.2) is 27.6 Å². The number of hydrogen-bond donors (Lipinski definition) is 1. The lowest BCUT2D eigenvalue weighted by Gasteiger charge is -2.13. The first-order chi connectivity index (χ1) is 11.0. The van der Waals surface area contributed by atoms with Crippen molar-refractivity contribution in [2.24, 2.45) is 0 Å². The summed E-state index contributed by atoms with van der Waals surface area (Å²) in [5, 5.41) is 5.16. The third kappa shape index (κ3) is 3.45. The fraction of sp³-hybridized carbons (Fsp3) is 0.250. The SMILES string of the molecule is Cc1csc(NC(=O)c2ccc(CN3C(=O)CCC3=O)cc2)n1. The molecule has 0 atom stereocenters. The molecule has 0 bridgehead atoms. The number of rotatable bonds is 4. The molecule has 1 N–H and O–H groups in total. The molecule has 2 heterocycles. The summed E-state index contributed by atoms with van der Waals surface area (Å²) in [6.07, 6.45) is 0.569. The van der Waals surface area contributed by atoms with Gasteiger partial charge in [-0.1, -0.05) is 12.1 Å². The second-order valence-electron chi connectivity index (χ2n) is 5.32. The molecule has 0 saturated carbocycles. The van der Waals surface area contributed by atoms with Gasteiger partial charge < -0.3 is 0 Å². The van der Waals surface area contributed by atoms with Crippen molar-refractivity contribution in [2.45, 2.75) is 26.3 Å². The number of imide groups is 1. The first kappa shape index (κ1) is 15.4. The molecule has 2 aromatic rings. The molecule has 0 aliphatic carbocycles. The largest absolute Gasteiger partial charge is 0.298 e. The summed E-state index contributed by atoms with van der Waals surface area (Å²) in [6.45, 7) is 2.12. The van der Waals surface area contributed by atoms with Crippen molar-refractivity contribution in [2.75, 3.05) is 5.32 Å². The maximum Gasteiger partial charge on any atom is 0.257 e. The smallest absolute Gasteiger partial charge is 0.257 e. The van der Waals surface area contributed by atoms with Crippen molar-refractivity contribution in [1.82, 2.24) is 9.88 Å². The Morgan fingerprint density at radius 1 is 1.22 bits per heavy atom. The van der Waals surface area contributed by atoms with Gasteiger partial charge >= 0.3 is 0 Å². The molecule has 1 aliphatic rings. The van der Waals surface area contributed by atoms with Gasteiger partial charge in [-0.05, 0) is 24.6 Å². The number of benzene rings is 1. The van der Waals surface area contributed by atoms with Crippen LogP contribution in [0, 0.1) is 6.92 Å². The molecular formula is C16H15N3O3S. The van der Waals surface area contributed by atoms with Gasteiger partial charge in [0.1, 0.15) is 0 Å². The van der Waals surface area contributed by atoms with Gasteiger partial charge in [-0.3, -0.25) is 24.6 Å². The summed E-state index contributed by atoms with van der Waals surface area (Å²) in [5.41, 5.74) is 2.18. The van der Waals surface area contributed by atoms with Crippen LogP contribution in [0.5, 0.6) is 0 Å². The molecule has 0 radical (unpaired) electrons. The van der Waals surface area contributed by atoms with Crippen LogP contribution in [0.1, 0.15) is 34.5 Å². The zero-order valence-electron chi connectivity index (χ0n) is 12.5. The third-order valence-electron chi connectivity index (χ3n) is 3.55. The maximum atomic E-state index is 12.1. The number of nitrogens with zero attached hydrogens (tertiary/aromatic N) is 2. The molecule has 118 valence electrons. The van der Waals surface area contributed by atoms with Gasteiger partial charge in [0.15, 0.2) is 5.13 Å². The van der Waals surface area contributed by atoms with Crippen molar-refractivity contribution in [3.63, 3.8) is 0 Å². The third-order valence-corrected chi connectivity index (χ3v) is 4.43. The molecule has 1 aromatic carbocycles. The van der Waals surface area contributed by atoms with E-state index in [-0.39, 0.29) is 37.1 Å². The summed E-state index contributed by atoms with van der Waals surface area (Å²) in [4.78, 5) is 40.8. The lowest BCUT2D eigenvalue weighted by Crippen LogP contribution is -2.28. The van der Waals surface area contributed by atoms with E-state index in [9.17, 15) is 14.4 Å². The monoisotopic (exact) mass is 329 g/mol. The topological polar surface area (TPSA) is 79.4 Å². The van der Waals surface area contributed by atoms with Crippen LogP contribution in [-0.2, 0) is 16.1 Å². The van der Waals surface area contributed by atoms with Crippen LogP contribution in [0.3, 0.4) is 0 Å². The highest BCUT2D eigenvalue weighted by Gasteiger charge is 2.28. The number of carbonyl (C=O) groups is 3. The van der Waals surface area contributed by atoms with Gasteiger partial charge in [-0.2, -0.15) is 0 Å². The number of likely N-dealkylation sites (tertiary alicyclic amines) is 1. The number of hydrogen-bond acceptors (Lipinski definition) is 5. The number of aryl methyl sites for hydroxylation is 1. The van der Waals surface area contributed by atoms with Gasteiger partial charge in [0, 0.05) is 23.8 Å². The molecule has 1 aliphatic heterocycles. The van der Waals surface area contributed by atoms with Gasteiger partial charge in [0.25, 0.3) is 5.91 Å². The van der Waals surface area contributed by atoms with Crippen LogP contribution in [0.2, 0.25) is 0 Å². The average molecular weight is 329 g/mol. The van der Waals surface area contributed by atoms with E-state index in [1.54, 1.807) is 24.3 Å². The Bertz CT molecular complexity index is 751. The molecule has 0 unspecified atom stereocenters. The lowest BCUT2D eigenvalue weighted by atomic mass is 10.1. The van der Waals surface area contributed by atoms with Gasteiger partial charge in [-0.15, -0.1) is 11.3 Å². The molecule has 3 amide bonds. The van der Waals surface area contributed by atoms with E-state index in [2.05, 4.69) is 10.3 Å². The fourth-order valence-electron chi connectivity index (χ4n) is 2.32. The van der Waals surface area contributed by atoms with E-state index in [0.29, 0.717) is 10.7 Å². The molecule has 1 fully saturated rings. The van der Waals surface area contributed by atoms with E-state index < -0.39 is 0 Å². The van der Waals surface area contributed by atoms with Crippen LogP contribution >= 0.6 is 11.3 Å². The number of nitrogens with one attached hydrogen (secondary N) is 1. The van der Waals surface area contributed by atoms with Crippen LogP contribution in [0.25, 0.3) is 0 Å². The molecule has 23 heavy (non-hydrogen) atoms. The van der Waals surface area contributed by atoms with Gasteiger partial charge in [0.2, 0.25) is 11.8 Å². The number of amides is 3. The Balaban J connectivity index is 1.65. The summed E-state index contributed by atoms with van der Waals surface area (Å²) in [7, 11) is 0. The quantitative estimate of drug-likeness (QED) is 0.873. The van der Waals surface area contributed by atoms with E-state index in [0.717, 1.165) is 11.3 Å². The van der Waals surface area contributed by atoms with E-state index in [1.165, 1.54) is 16.2 Å². The Morgan fingerprint density at radius 3 is 2.43 bits per heavy atom. The number of aromatic nitrogens is 1. The average Bonchev–Trinajstić information content (AvgIpc) is 3.08. The zero-order chi connectivity index (χ0) is 16.4. The molecular weight excluding hydrogens is 314 g/mol. The molecule has 6 nitrogen and oxygen atoms in total. The second-order valence-corrected chi connectivity index (χ2v) is 6.18. The number of anilines is 1.